The maximum Gasteiger partial charge on any atom is 0.252 e. The Hall–Kier alpha value is -2.11. The van der Waals surface area contributed by atoms with Crippen LogP contribution in [0.4, 0.5) is 10.3 Å². The van der Waals surface area contributed by atoms with Crippen molar-refractivity contribution in [3.8, 4) is 0 Å². The number of anilines is 1. The molecule has 11 heteroatoms. The summed E-state index contributed by atoms with van der Waals surface area (Å²) < 4.78 is 41.6. The van der Waals surface area contributed by atoms with Gasteiger partial charge < -0.3 is 10.4 Å². The third-order valence-electron chi connectivity index (χ3n) is 6.25. The van der Waals surface area contributed by atoms with E-state index in [1.807, 2.05) is 0 Å². The zero-order valence-corrected chi connectivity index (χ0v) is 18.3. The van der Waals surface area contributed by atoms with Crippen LogP contribution in [-0.2, 0) is 10.0 Å². The van der Waals surface area contributed by atoms with Crippen LogP contribution in [0.2, 0.25) is 0 Å². The van der Waals surface area contributed by atoms with Gasteiger partial charge in [-0.15, -0.1) is 0 Å². The van der Waals surface area contributed by atoms with Crippen molar-refractivity contribution in [1.82, 2.24) is 18.8 Å². The monoisotopic (exact) mass is 453 g/mol. The number of aliphatic hydroxyl groups excluding tert-OH is 1. The molecule has 9 nitrogen and oxygen atoms in total. The van der Waals surface area contributed by atoms with Gasteiger partial charge in [-0.05, 0) is 45.1 Å². The predicted molar refractivity (Wildman–Crippen MR) is 115 cm³/mol. The lowest BCUT2D eigenvalue weighted by molar-refractivity contribution is 0.0555. The summed E-state index contributed by atoms with van der Waals surface area (Å²) in [4.78, 5) is 21.4. The Kier molecular flexibility index (Phi) is 6.27. The van der Waals surface area contributed by atoms with Gasteiger partial charge in [0, 0.05) is 36.8 Å². The van der Waals surface area contributed by atoms with Crippen LogP contribution >= 0.6 is 0 Å². The van der Waals surface area contributed by atoms with E-state index >= 15 is 0 Å². The minimum atomic E-state index is -3.20. The van der Waals surface area contributed by atoms with E-state index in [9.17, 15) is 22.7 Å². The summed E-state index contributed by atoms with van der Waals surface area (Å²) in [6.45, 7) is 2.49. The third kappa shape index (κ3) is 4.58. The van der Waals surface area contributed by atoms with E-state index in [1.54, 1.807) is 19.2 Å². The number of hydrogen-bond donors (Lipinski definition) is 2. The molecule has 1 aliphatic carbocycles. The van der Waals surface area contributed by atoms with Crippen molar-refractivity contribution in [2.45, 2.75) is 63.4 Å². The Bertz CT molecular complexity index is 1100. The van der Waals surface area contributed by atoms with E-state index in [4.69, 9.17) is 0 Å². The van der Waals surface area contributed by atoms with Crippen molar-refractivity contribution < 1.29 is 17.9 Å². The lowest BCUT2D eigenvalue weighted by atomic mass is 9.91. The molecule has 2 fully saturated rings. The number of piperidine rings is 1. The Morgan fingerprint density at radius 2 is 1.97 bits per heavy atom. The van der Waals surface area contributed by atoms with E-state index in [0.29, 0.717) is 49.3 Å². The van der Waals surface area contributed by atoms with Crippen LogP contribution in [0.15, 0.2) is 23.1 Å². The summed E-state index contributed by atoms with van der Waals surface area (Å²) in [7, 11) is -3.20. The maximum atomic E-state index is 14.7. The van der Waals surface area contributed by atoms with Gasteiger partial charge in [0.1, 0.15) is 11.8 Å². The van der Waals surface area contributed by atoms with Crippen molar-refractivity contribution in [2.75, 3.05) is 24.2 Å². The lowest BCUT2D eigenvalue weighted by Crippen LogP contribution is -2.43. The van der Waals surface area contributed by atoms with Crippen LogP contribution in [0.25, 0.3) is 11.0 Å². The van der Waals surface area contributed by atoms with Crippen molar-refractivity contribution in [2.24, 2.45) is 0 Å². The van der Waals surface area contributed by atoms with Crippen molar-refractivity contribution in [1.29, 1.82) is 0 Å². The van der Waals surface area contributed by atoms with Gasteiger partial charge in [0.05, 0.1) is 17.9 Å². The summed E-state index contributed by atoms with van der Waals surface area (Å²) in [5, 5.41) is 13.9. The number of hydrogen-bond acceptors (Lipinski definition) is 7. The number of fused-ring (bicyclic) bond motifs is 1. The molecule has 2 N–H and O–H groups in total. The van der Waals surface area contributed by atoms with E-state index in [2.05, 4.69) is 15.3 Å². The summed E-state index contributed by atoms with van der Waals surface area (Å²) >= 11 is 0. The van der Waals surface area contributed by atoms with Gasteiger partial charge in [0.15, 0.2) is 0 Å². The van der Waals surface area contributed by atoms with Gasteiger partial charge in [-0.3, -0.25) is 9.36 Å². The molecule has 1 saturated carbocycles. The van der Waals surface area contributed by atoms with E-state index in [1.165, 1.54) is 14.9 Å². The summed E-state index contributed by atoms with van der Waals surface area (Å²) in [6.07, 6.45) is 1.68. The molecule has 3 heterocycles. The van der Waals surface area contributed by atoms with Gasteiger partial charge in [0.25, 0.3) is 5.56 Å². The Labute approximate surface area is 180 Å². The highest BCUT2D eigenvalue weighted by molar-refractivity contribution is 7.89. The second kappa shape index (κ2) is 8.79. The van der Waals surface area contributed by atoms with Crippen LogP contribution in [0.3, 0.4) is 0 Å². The Morgan fingerprint density at radius 1 is 1.23 bits per heavy atom. The fourth-order valence-electron chi connectivity index (χ4n) is 4.43. The maximum absolute atomic E-state index is 14.7. The zero-order valence-electron chi connectivity index (χ0n) is 17.4. The number of halogens is 1. The minimum absolute atomic E-state index is 0.00457. The molecule has 0 spiro atoms. The number of nitrogens with zero attached hydrogens (tertiary/aromatic N) is 4. The zero-order chi connectivity index (χ0) is 22.2. The smallest absolute Gasteiger partial charge is 0.252 e. The summed E-state index contributed by atoms with van der Waals surface area (Å²) in [5.41, 5.74) is -0.0327. The fourth-order valence-corrected chi connectivity index (χ4v) is 5.56. The lowest BCUT2D eigenvalue weighted by Gasteiger charge is -2.32. The number of aromatic nitrogens is 3. The fraction of sp³-hybridized carbons (Fsp3) is 0.650. The molecule has 4 rings (SSSR count). The minimum Gasteiger partial charge on any atom is -0.393 e. The average Bonchev–Trinajstić information content (AvgIpc) is 2.76. The normalized spacial score (nSPS) is 26.2. The summed E-state index contributed by atoms with van der Waals surface area (Å²) in [6, 6.07) is 2.20. The molecular weight excluding hydrogens is 425 g/mol. The molecule has 2 aromatic rings. The Morgan fingerprint density at radius 3 is 2.68 bits per heavy atom. The summed E-state index contributed by atoms with van der Waals surface area (Å²) in [5.74, 6) is 0.400. The second-order valence-electron chi connectivity index (χ2n) is 8.28. The highest BCUT2D eigenvalue weighted by atomic mass is 32.2. The van der Waals surface area contributed by atoms with Gasteiger partial charge >= 0.3 is 0 Å². The standard InChI is InChI=1S/C20H28FN5O4S/c1-2-31(29,30)25-9-7-14(8-10-25)23-20-22-12-13-3-6-18(28)26(19(13)24-20)17-11-15(27)4-5-16(17)21/h3,6,12,14-17,27H,2,4-5,7-11H2,1H3,(H,22,23,24)/t15-,16+,17+/m1/s1. The number of rotatable bonds is 5. The number of pyridine rings is 1. The second-order valence-corrected chi connectivity index (χ2v) is 10.5. The first kappa shape index (κ1) is 22.1. The van der Waals surface area contributed by atoms with Crippen LogP contribution in [0.1, 0.15) is 45.1 Å². The number of aliphatic hydroxyl groups is 1. The highest BCUT2D eigenvalue weighted by Gasteiger charge is 2.33. The van der Waals surface area contributed by atoms with Gasteiger partial charge in [-0.25, -0.2) is 22.1 Å². The third-order valence-corrected chi connectivity index (χ3v) is 8.13. The van der Waals surface area contributed by atoms with Crippen LogP contribution in [0.5, 0.6) is 0 Å². The van der Waals surface area contributed by atoms with Crippen molar-refractivity contribution in [3.05, 3.63) is 28.7 Å². The van der Waals surface area contributed by atoms with E-state index in [0.717, 1.165) is 0 Å². The quantitative estimate of drug-likeness (QED) is 0.703. The molecule has 1 saturated heterocycles. The first-order chi connectivity index (χ1) is 14.8. The molecule has 2 aromatic heterocycles. The van der Waals surface area contributed by atoms with E-state index < -0.39 is 28.3 Å². The largest absolute Gasteiger partial charge is 0.393 e. The molecule has 0 bridgehead atoms. The molecule has 3 atom stereocenters. The molecule has 2 aliphatic rings. The van der Waals surface area contributed by atoms with Crippen LogP contribution in [-0.4, -0.2) is 69.5 Å². The van der Waals surface area contributed by atoms with Crippen LogP contribution in [0, 0.1) is 0 Å². The van der Waals surface area contributed by atoms with Gasteiger partial charge in [0.2, 0.25) is 16.0 Å². The van der Waals surface area contributed by atoms with Gasteiger partial charge in [-0.1, -0.05) is 0 Å². The molecule has 0 aromatic carbocycles. The highest BCUT2D eigenvalue weighted by Crippen LogP contribution is 2.32. The predicted octanol–water partition coefficient (Wildman–Crippen LogP) is 1.44. The first-order valence-corrected chi connectivity index (χ1v) is 12.3. The first-order valence-electron chi connectivity index (χ1n) is 10.7. The Balaban J connectivity index is 1.58. The molecule has 0 radical (unpaired) electrons. The molecule has 170 valence electrons. The number of alkyl halides is 1. The SMILES string of the molecule is CCS(=O)(=O)N1CCC(Nc2ncc3ccc(=O)n([C@H]4C[C@H](O)CC[C@@H]4F)c3n2)CC1. The average molecular weight is 454 g/mol. The molecule has 1 aliphatic heterocycles. The number of sulfonamides is 1. The molecule has 0 amide bonds. The topological polar surface area (TPSA) is 117 Å². The molecule has 0 unspecified atom stereocenters. The molecular formula is C20H28FN5O4S. The molecule has 31 heavy (non-hydrogen) atoms. The number of nitrogens with one attached hydrogen (secondary N) is 1. The van der Waals surface area contributed by atoms with Gasteiger partial charge in [-0.2, -0.15) is 4.98 Å². The van der Waals surface area contributed by atoms with Crippen LogP contribution < -0.4 is 10.9 Å². The van der Waals surface area contributed by atoms with Crippen molar-refractivity contribution in [3.63, 3.8) is 0 Å². The van der Waals surface area contributed by atoms with E-state index in [-0.39, 0.29) is 30.2 Å². The van der Waals surface area contributed by atoms with Crippen molar-refractivity contribution >= 4 is 27.0 Å².